The summed E-state index contributed by atoms with van der Waals surface area (Å²) in [5.41, 5.74) is 1.53. The molecule has 0 aliphatic carbocycles. The quantitative estimate of drug-likeness (QED) is 0.904. The molecule has 132 valence electrons. The van der Waals surface area contributed by atoms with E-state index in [2.05, 4.69) is 15.5 Å². The molecule has 0 bridgehead atoms. The van der Waals surface area contributed by atoms with Gasteiger partial charge < -0.3 is 19.7 Å². The smallest absolute Gasteiger partial charge is 0.321 e. The number of carbonyl (C=O) groups is 1. The lowest BCUT2D eigenvalue weighted by Crippen LogP contribution is -2.33. The third kappa shape index (κ3) is 4.37. The largest absolute Gasteiger partial charge is 0.495 e. The summed E-state index contributed by atoms with van der Waals surface area (Å²) in [6, 6.07) is 10.9. The number of hydrogen-bond acceptors (Lipinski definition) is 5. The molecule has 1 aromatic carbocycles. The Morgan fingerprint density at radius 3 is 2.88 bits per heavy atom. The Bertz CT molecular complexity index is 721. The predicted molar refractivity (Wildman–Crippen MR) is 94.0 cm³/mol. The predicted octanol–water partition coefficient (Wildman–Crippen LogP) is 2.73. The molecule has 0 spiro atoms. The van der Waals surface area contributed by atoms with Crippen molar-refractivity contribution < 1.29 is 14.3 Å². The highest BCUT2D eigenvalue weighted by atomic mass is 16.5. The number of likely N-dealkylation sites (tertiary alicyclic amines) is 1. The van der Waals surface area contributed by atoms with E-state index in [-0.39, 0.29) is 11.9 Å². The minimum atomic E-state index is -0.123. The van der Waals surface area contributed by atoms with Crippen LogP contribution >= 0.6 is 0 Å². The molecule has 1 atom stereocenters. The second-order valence-corrected chi connectivity index (χ2v) is 6.06. The van der Waals surface area contributed by atoms with Crippen molar-refractivity contribution in [2.45, 2.75) is 13.3 Å². The van der Waals surface area contributed by atoms with E-state index in [0.29, 0.717) is 37.0 Å². The Balaban J connectivity index is 1.50. The molecule has 1 unspecified atom stereocenters. The van der Waals surface area contributed by atoms with E-state index in [1.807, 2.05) is 43.3 Å². The van der Waals surface area contributed by atoms with E-state index in [1.165, 1.54) is 0 Å². The van der Waals surface area contributed by atoms with Crippen molar-refractivity contribution in [3.63, 3.8) is 0 Å². The molecule has 2 aromatic rings. The molecule has 2 heterocycles. The molecule has 0 saturated carbocycles. The monoisotopic (exact) mass is 342 g/mol. The minimum absolute atomic E-state index is 0.123. The van der Waals surface area contributed by atoms with Crippen LogP contribution in [0, 0.1) is 12.8 Å². The molecular weight excluding hydrogens is 320 g/mol. The topological polar surface area (TPSA) is 76.6 Å². The summed E-state index contributed by atoms with van der Waals surface area (Å²) in [7, 11) is 1.59. The number of methoxy groups -OCH3 is 1. The fourth-order valence-electron chi connectivity index (χ4n) is 2.76. The molecule has 1 N–H and O–H groups in total. The number of amides is 2. The van der Waals surface area contributed by atoms with Crippen LogP contribution in [0.15, 0.2) is 36.4 Å². The number of nitrogens with one attached hydrogen (secondary N) is 1. The van der Waals surface area contributed by atoms with Gasteiger partial charge in [-0.2, -0.15) is 5.10 Å². The summed E-state index contributed by atoms with van der Waals surface area (Å²) in [6.45, 7) is 3.76. The number of nitrogens with zero attached hydrogens (tertiary/aromatic N) is 3. The lowest BCUT2D eigenvalue weighted by Gasteiger charge is -2.18. The molecule has 1 aromatic heterocycles. The number of ether oxygens (including phenoxy) is 2. The molecule has 7 heteroatoms. The van der Waals surface area contributed by atoms with Crippen LogP contribution in [0.1, 0.15) is 12.1 Å². The molecular formula is C18H22N4O3. The molecule has 1 aliphatic rings. The number of para-hydroxylation sites is 2. The second kappa shape index (κ2) is 7.83. The first-order valence-electron chi connectivity index (χ1n) is 8.28. The zero-order valence-electron chi connectivity index (χ0n) is 14.4. The first-order valence-corrected chi connectivity index (χ1v) is 8.28. The van der Waals surface area contributed by atoms with Crippen LogP contribution in [0.3, 0.4) is 0 Å². The average Bonchev–Trinajstić information content (AvgIpc) is 3.11. The summed E-state index contributed by atoms with van der Waals surface area (Å²) in [6.07, 6.45) is 0.901. The minimum Gasteiger partial charge on any atom is -0.495 e. The van der Waals surface area contributed by atoms with Gasteiger partial charge in [0.05, 0.1) is 25.1 Å². The maximum Gasteiger partial charge on any atom is 0.321 e. The van der Waals surface area contributed by atoms with Gasteiger partial charge in [-0.3, -0.25) is 0 Å². The number of aromatic nitrogens is 2. The van der Waals surface area contributed by atoms with Crippen molar-refractivity contribution in [3.8, 4) is 11.6 Å². The van der Waals surface area contributed by atoms with E-state index in [1.54, 1.807) is 12.0 Å². The third-order valence-electron chi connectivity index (χ3n) is 4.16. The van der Waals surface area contributed by atoms with Crippen molar-refractivity contribution in [1.82, 2.24) is 15.1 Å². The lowest BCUT2D eigenvalue weighted by atomic mass is 10.1. The standard InChI is InChI=1S/C18H22N4O3/c1-13-7-8-17(21-20-13)25-12-14-9-10-22(11-14)18(23)19-15-5-3-4-6-16(15)24-2/h3-8,14H,9-12H2,1-2H3,(H,19,23). The van der Waals surface area contributed by atoms with Crippen LogP contribution in [0.5, 0.6) is 11.6 Å². The van der Waals surface area contributed by atoms with E-state index in [4.69, 9.17) is 9.47 Å². The van der Waals surface area contributed by atoms with Gasteiger partial charge in [0.2, 0.25) is 5.88 Å². The van der Waals surface area contributed by atoms with Crippen molar-refractivity contribution >= 4 is 11.7 Å². The Hall–Kier alpha value is -2.83. The van der Waals surface area contributed by atoms with Crippen LogP contribution in [-0.4, -0.2) is 47.9 Å². The Kier molecular flexibility index (Phi) is 5.33. The summed E-state index contributed by atoms with van der Waals surface area (Å²) in [5.74, 6) is 1.45. The van der Waals surface area contributed by atoms with Gasteiger partial charge in [-0.25, -0.2) is 4.79 Å². The Morgan fingerprint density at radius 2 is 2.12 bits per heavy atom. The molecule has 1 aliphatic heterocycles. The highest BCUT2D eigenvalue weighted by Crippen LogP contribution is 2.25. The molecule has 1 saturated heterocycles. The van der Waals surface area contributed by atoms with E-state index < -0.39 is 0 Å². The molecule has 1 fully saturated rings. The maximum absolute atomic E-state index is 12.4. The van der Waals surface area contributed by atoms with Crippen molar-refractivity contribution in [2.75, 3.05) is 32.1 Å². The maximum atomic E-state index is 12.4. The third-order valence-corrected chi connectivity index (χ3v) is 4.16. The number of carbonyl (C=O) groups excluding carboxylic acids is 1. The van der Waals surface area contributed by atoms with Gasteiger partial charge in [-0.1, -0.05) is 12.1 Å². The average molecular weight is 342 g/mol. The van der Waals surface area contributed by atoms with E-state index >= 15 is 0 Å². The lowest BCUT2D eigenvalue weighted by molar-refractivity contribution is 0.212. The summed E-state index contributed by atoms with van der Waals surface area (Å²) < 4.78 is 10.9. The van der Waals surface area contributed by atoms with Crippen LogP contribution in [0.2, 0.25) is 0 Å². The zero-order valence-corrected chi connectivity index (χ0v) is 14.4. The molecule has 0 radical (unpaired) electrons. The highest BCUT2D eigenvalue weighted by molar-refractivity contribution is 5.91. The van der Waals surface area contributed by atoms with Crippen LogP contribution in [-0.2, 0) is 0 Å². The first kappa shape index (κ1) is 17.0. The number of hydrogen-bond donors (Lipinski definition) is 1. The SMILES string of the molecule is COc1ccccc1NC(=O)N1CCC(COc2ccc(C)nn2)C1. The summed E-state index contributed by atoms with van der Waals surface area (Å²) in [5, 5.41) is 10.9. The first-order chi connectivity index (χ1) is 12.2. The molecule has 2 amide bonds. The van der Waals surface area contributed by atoms with Crippen molar-refractivity contribution in [2.24, 2.45) is 5.92 Å². The molecule has 3 rings (SSSR count). The van der Waals surface area contributed by atoms with E-state index in [0.717, 1.165) is 12.1 Å². The van der Waals surface area contributed by atoms with Crippen LogP contribution < -0.4 is 14.8 Å². The van der Waals surface area contributed by atoms with Gasteiger partial charge in [-0.15, -0.1) is 5.10 Å². The molecule has 25 heavy (non-hydrogen) atoms. The van der Waals surface area contributed by atoms with Gasteiger partial charge >= 0.3 is 6.03 Å². The van der Waals surface area contributed by atoms with Crippen molar-refractivity contribution in [1.29, 1.82) is 0 Å². The van der Waals surface area contributed by atoms with Gasteiger partial charge in [-0.05, 0) is 31.5 Å². The number of aryl methyl sites for hydroxylation is 1. The van der Waals surface area contributed by atoms with E-state index in [9.17, 15) is 4.79 Å². The van der Waals surface area contributed by atoms with Gasteiger partial charge in [0, 0.05) is 25.1 Å². The zero-order chi connectivity index (χ0) is 17.6. The van der Waals surface area contributed by atoms with Crippen LogP contribution in [0.4, 0.5) is 10.5 Å². The van der Waals surface area contributed by atoms with Gasteiger partial charge in [0.15, 0.2) is 0 Å². The molecule has 7 nitrogen and oxygen atoms in total. The number of rotatable bonds is 5. The van der Waals surface area contributed by atoms with Gasteiger partial charge in [0.1, 0.15) is 5.75 Å². The number of anilines is 1. The van der Waals surface area contributed by atoms with Crippen molar-refractivity contribution in [3.05, 3.63) is 42.1 Å². The summed E-state index contributed by atoms with van der Waals surface area (Å²) >= 11 is 0. The number of urea groups is 1. The fourth-order valence-corrected chi connectivity index (χ4v) is 2.76. The van der Waals surface area contributed by atoms with Crippen LogP contribution in [0.25, 0.3) is 0 Å². The Labute approximate surface area is 147 Å². The summed E-state index contributed by atoms with van der Waals surface area (Å²) in [4.78, 5) is 14.2. The second-order valence-electron chi connectivity index (χ2n) is 6.06. The Morgan fingerprint density at radius 1 is 1.28 bits per heavy atom. The number of benzene rings is 1. The van der Waals surface area contributed by atoms with Gasteiger partial charge in [0.25, 0.3) is 0 Å². The normalized spacial score (nSPS) is 16.6. The fraction of sp³-hybridized carbons (Fsp3) is 0.389. The highest BCUT2D eigenvalue weighted by Gasteiger charge is 2.27.